The summed E-state index contributed by atoms with van der Waals surface area (Å²) < 4.78 is 38.1. The van der Waals surface area contributed by atoms with Gasteiger partial charge in [0.05, 0.1) is 37.6 Å². The molecule has 3 amide bonds. The first kappa shape index (κ1) is 65.9. The zero-order chi connectivity index (χ0) is 58.7. The van der Waals surface area contributed by atoms with Crippen molar-refractivity contribution in [2.24, 2.45) is 42.6 Å². The van der Waals surface area contributed by atoms with E-state index in [1.54, 1.807) is 47.3 Å². The van der Waals surface area contributed by atoms with E-state index in [0.29, 0.717) is 69.8 Å². The molecule has 0 aromatic carbocycles. The van der Waals surface area contributed by atoms with Crippen LogP contribution in [0.3, 0.4) is 0 Å². The molecule has 1 aromatic rings. The molecular formula is C60H93N5O15. The number of rotatable bonds is 14. The molecule has 15 atom stereocenters. The van der Waals surface area contributed by atoms with E-state index in [0.717, 1.165) is 17.8 Å². The van der Waals surface area contributed by atoms with Crippen LogP contribution in [0.1, 0.15) is 131 Å². The Balaban J connectivity index is 1.34. The minimum absolute atomic E-state index is 0.00117. The first-order chi connectivity index (χ1) is 38.1. The molecule has 1 saturated carbocycles. The van der Waals surface area contributed by atoms with Crippen molar-refractivity contribution in [2.45, 2.75) is 186 Å². The first-order valence-corrected chi connectivity index (χ1v) is 28.8. The standard InChI is InChI=1S/C60H93N5O15/c1-37-17-13-12-14-18-38(2)49(74-9)35-45-22-20-43(7)60(73,80-45)56(69)57(70)65-27-16-15-19-46(65)58(71)79-50(36-47(66)39(3)32-42(6)54(68)55(76-11)53(67)41(5)31-37)40(4)33-44-21-23-48(51(34-44)75-10)77-30-26-62-59(72)63-78-29-24-52-61-25-28-64(52)8/h12-14,17-18,25,28,32,37,39-41,43-46,48-51,54-55,68,73H,15-16,19-24,26-27,29-31,33-36H2,1-11H3,(H2,62,63,72)/b14-12+,17-13+,38-18+,42-32+/t37-,39-,40-,41-,43-,44-,45+,46+,48-,49+,50+,51-,54-,55+,60-/m1/s1. The lowest BCUT2D eigenvalue weighted by Gasteiger charge is -2.42. The topological polar surface area (TPSA) is 253 Å². The Labute approximate surface area is 473 Å². The van der Waals surface area contributed by atoms with Crippen molar-refractivity contribution in [3.05, 3.63) is 65.8 Å². The minimum atomic E-state index is -2.46. The number of amides is 3. The van der Waals surface area contributed by atoms with Crippen LogP contribution in [-0.2, 0) is 70.7 Å². The number of hydroxylamine groups is 1. The van der Waals surface area contributed by atoms with E-state index < -0.39 is 83.8 Å². The number of esters is 1. The number of fused-ring (bicyclic) bond motifs is 3. The predicted molar refractivity (Wildman–Crippen MR) is 298 cm³/mol. The second kappa shape index (κ2) is 32.1. The van der Waals surface area contributed by atoms with Crippen molar-refractivity contribution < 1.29 is 72.2 Å². The number of methoxy groups -OCH3 is 3. The number of imidazole rings is 1. The minimum Gasteiger partial charge on any atom is -0.460 e. The molecule has 1 aliphatic carbocycles. The van der Waals surface area contributed by atoms with Gasteiger partial charge in [0.2, 0.25) is 5.79 Å². The second-order valence-electron chi connectivity index (χ2n) is 22.8. The smallest absolute Gasteiger partial charge is 0.338 e. The van der Waals surface area contributed by atoms with Crippen LogP contribution < -0.4 is 10.8 Å². The predicted octanol–water partition coefficient (Wildman–Crippen LogP) is 6.41. The molecule has 20 heteroatoms. The Hall–Kier alpha value is -4.93. The first-order valence-electron chi connectivity index (χ1n) is 28.8. The molecular weight excluding hydrogens is 1030 g/mol. The summed E-state index contributed by atoms with van der Waals surface area (Å²) in [4.78, 5) is 94.7. The number of cyclic esters (lactones) is 1. The van der Waals surface area contributed by atoms with Gasteiger partial charge >= 0.3 is 12.0 Å². The average Bonchev–Trinajstić information content (AvgIpc) is 3.90. The third kappa shape index (κ3) is 18.5. The number of urea groups is 1. The maximum Gasteiger partial charge on any atom is 0.338 e. The van der Waals surface area contributed by atoms with Crippen LogP contribution >= 0.6 is 0 Å². The molecule has 5 rings (SSSR count). The van der Waals surface area contributed by atoms with E-state index in [1.165, 1.54) is 12.0 Å². The van der Waals surface area contributed by atoms with Gasteiger partial charge in [-0.25, -0.2) is 20.1 Å². The molecule has 2 saturated heterocycles. The number of ether oxygens (including phenoxy) is 6. The summed E-state index contributed by atoms with van der Waals surface area (Å²) in [6.07, 6.45) is 15.4. The number of aromatic nitrogens is 2. The lowest BCUT2D eigenvalue weighted by molar-refractivity contribution is -0.265. The molecule has 4 aliphatic rings. The molecule has 3 fully saturated rings. The number of piperidine rings is 1. The number of carbonyl (C=O) groups excluding carboxylic acids is 6. The summed E-state index contributed by atoms with van der Waals surface area (Å²) >= 11 is 0. The van der Waals surface area contributed by atoms with Crippen LogP contribution in [0.5, 0.6) is 0 Å². The largest absolute Gasteiger partial charge is 0.460 e. The van der Waals surface area contributed by atoms with Gasteiger partial charge in [-0.1, -0.05) is 71.1 Å². The molecule has 20 nitrogen and oxygen atoms in total. The number of aryl methyl sites for hydroxylation is 1. The third-order valence-electron chi connectivity index (χ3n) is 16.7. The van der Waals surface area contributed by atoms with Crippen LogP contribution in [0.15, 0.2) is 60.0 Å². The fourth-order valence-corrected chi connectivity index (χ4v) is 11.6. The molecule has 4 N–H and O–H groups in total. The van der Waals surface area contributed by atoms with Gasteiger partial charge in [-0.05, 0) is 107 Å². The molecule has 4 heterocycles. The summed E-state index contributed by atoms with van der Waals surface area (Å²) in [5.41, 5.74) is 3.62. The van der Waals surface area contributed by atoms with Crippen LogP contribution in [0.25, 0.3) is 0 Å². The molecule has 0 radical (unpaired) electrons. The summed E-state index contributed by atoms with van der Waals surface area (Å²) in [7, 11) is 6.46. The lowest BCUT2D eigenvalue weighted by Crippen LogP contribution is -2.61. The molecule has 2 bridgehead atoms. The fourth-order valence-electron chi connectivity index (χ4n) is 11.6. The summed E-state index contributed by atoms with van der Waals surface area (Å²) in [6.45, 7) is 13.4. The number of hydrogen-bond donors (Lipinski definition) is 4. The van der Waals surface area contributed by atoms with Gasteiger partial charge in [0.15, 0.2) is 5.78 Å². The molecule has 3 aliphatic heterocycles. The van der Waals surface area contributed by atoms with E-state index in [9.17, 15) is 39.0 Å². The summed E-state index contributed by atoms with van der Waals surface area (Å²) in [6, 6.07) is -1.67. The Kier molecular flexibility index (Phi) is 26.4. The van der Waals surface area contributed by atoms with Crippen LogP contribution in [0.4, 0.5) is 4.79 Å². The van der Waals surface area contributed by atoms with E-state index in [-0.39, 0.29) is 80.7 Å². The highest BCUT2D eigenvalue weighted by Gasteiger charge is 2.53. The van der Waals surface area contributed by atoms with Crippen LogP contribution in [0, 0.1) is 35.5 Å². The molecule has 1 aromatic heterocycles. The number of aliphatic hydroxyl groups is 2. The third-order valence-corrected chi connectivity index (χ3v) is 16.7. The number of aliphatic hydroxyl groups excluding tert-OH is 1. The number of allylic oxidation sites excluding steroid dienone is 6. The van der Waals surface area contributed by atoms with E-state index >= 15 is 0 Å². The van der Waals surface area contributed by atoms with Gasteiger partial charge in [-0.2, -0.15) is 0 Å². The van der Waals surface area contributed by atoms with Gasteiger partial charge in [0.25, 0.3) is 11.7 Å². The van der Waals surface area contributed by atoms with Gasteiger partial charge < -0.3 is 53.4 Å². The van der Waals surface area contributed by atoms with Crippen molar-refractivity contribution in [3.63, 3.8) is 0 Å². The lowest BCUT2D eigenvalue weighted by atomic mass is 9.78. The average molecular weight is 1120 g/mol. The summed E-state index contributed by atoms with van der Waals surface area (Å²) in [5.74, 6) is -7.41. The van der Waals surface area contributed by atoms with E-state index in [1.807, 2.05) is 75.9 Å². The van der Waals surface area contributed by atoms with E-state index in [4.69, 9.17) is 33.3 Å². The molecule has 0 spiro atoms. The number of carbonyl (C=O) groups is 6. The van der Waals surface area contributed by atoms with Crippen LogP contribution in [0.2, 0.25) is 0 Å². The van der Waals surface area contributed by atoms with Crippen molar-refractivity contribution in [1.82, 2.24) is 25.2 Å². The SMILES string of the molecule is CO[C@H]1C[C@@H]2CC[C@@H](C)[C@@](O)(O2)C(=O)C(=O)N2CCCC[C@H]2C(=O)O[C@H]([C@H](C)C[C@H]2CC[C@@H](OCCNC(=O)NOCCc3nccn3C)[C@H](OC)C2)CC(=O)[C@H](C)/C=C(\C)[C@@H](O)[C@@H](OC)C(=O)[C@H](C)C[C@H](C)/C=C/C=C/C=C/1C. The number of ketones is 3. The number of nitrogens with one attached hydrogen (secondary N) is 2. The number of hydrogen-bond acceptors (Lipinski definition) is 16. The highest BCUT2D eigenvalue weighted by molar-refractivity contribution is 6.39. The normalized spacial score (nSPS) is 34.9. The van der Waals surface area contributed by atoms with Crippen molar-refractivity contribution in [2.75, 3.05) is 47.6 Å². The zero-order valence-electron chi connectivity index (χ0n) is 49.3. The van der Waals surface area contributed by atoms with Crippen molar-refractivity contribution in [3.8, 4) is 0 Å². The Morgan fingerprint density at radius 3 is 2.36 bits per heavy atom. The Morgan fingerprint density at radius 1 is 0.900 bits per heavy atom. The quantitative estimate of drug-likeness (QED) is 0.0516. The fraction of sp³-hybridized carbons (Fsp3) is 0.717. The van der Waals surface area contributed by atoms with Gasteiger partial charge in [-0.3, -0.25) is 24.0 Å². The number of nitrogens with zero attached hydrogens (tertiary/aromatic N) is 3. The van der Waals surface area contributed by atoms with Gasteiger partial charge in [0, 0.05) is 90.9 Å². The molecule has 80 heavy (non-hydrogen) atoms. The van der Waals surface area contributed by atoms with E-state index in [2.05, 4.69) is 15.8 Å². The zero-order valence-corrected chi connectivity index (χ0v) is 49.3. The monoisotopic (exact) mass is 1120 g/mol. The highest BCUT2D eigenvalue weighted by Crippen LogP contribution is 2.38. The van der Waals surface area contributed by atoms with Crippen LogP contribution in [-0.4, -0.2) is 162 Å². The Bertz CT molecular complexity index is 2330. The Morgan fingerprint density at radius 2 is 1.66 bits per heavy atom. The van der Waals surface area contributed by atoms with Gasteiger partial charge in [0.1, 0.15) is 36.0 Å². The maximum absolute atomic E-state index is 14.6. The summed E-state index contributed by atoms with van der Waals surface area (Å²) in [5, 5.41) is 26.3. The van der Waals surface area contributed by atoms with Crippen molar-refractivity contribution in [1.29, 1.82) is 0 Å². The highest BCUT2D eigenvalue weighted by atomic mass is 16.7. The number of Topliss-reactive ketones (excluding diaryl/α,β-unsaturated/α-hetero) is 3. The van der Waals surface area contributed by atoms with Gasteiger partial charge in [-0.15, -0.1) is 0 Å². The van der Waals surface area contributed by atoms with Crippen molar-refractivity contribution >= 4 is 35.3 Å². The second-order valence-corrected chi connectivity index (χ2v) is 22.8. The maximum atomic E-state index is 14.6. The molecule has 448 valence electrons. The molecule has 0 unspecified atom stereocenters.